The van der Waals surface area contributed by atoms with Crippen LogP contribution in [0, 0.1) is 0 Å². The van der Waals surface area contributed by atoms with E-state index in [9.17, 15) is 13.2 Å². The van der Waals surface area contributed by atoms with Crippen LogP contribution in [0.5, 0.6) is 5.75 Å². The first kappa shape index (κ1) is 24.3. The predicted octanol–water partition coefficient (Wildman–Crippen LogP) is 4.14. The highest BCUT2D eigenvalue weighted by molar-refractivity contribution is 7.92. The summed E-state index contributed by atoms with van der Waals surface area (Å²) in [5.41, 5.74) is 2.20. The van der Waals surface area contributed by atoms with E-state index in [0.29, 0.717) is 44.1 Å². The molecule has 3 aromatic rings. The zero-order valence-electron chi connectivity index (χ0n) is 18.1. The summed E-state index contributed by atoms with van der Waals surface area (Å²) in [4.78, 5) is 11.0. The maximum absolute atomic E-state index is 12.6. The van der Waals surface area contributed by atoms with Gasteiger partial charge in [0, 0.05) is 6.42 Å². The molecule has 0 radical (unpaired) electrons. The average Bonchev–Trinajstić information content (AvgIpc) is 2.82. The normalized spacial score (nSPS) is 11.2. The Balaban J connectivity index is 1.47. The molecule has 8 heteroatoms. The molecular weight excluding hydrogens is 442 g/mol. The largest absolute Gasteiger partial charge is 0.491 e. The fourth-order valence-electron chi connectivity index (χ4n) is 3.23. The Bertz CT molecular complexity index is 1150. The van der Waals surface area contributed by atoms with E-state index in [1.165, 1.54) is 0 Å². The number of benzene rings is 3. The van der Waals surface area contributed by atoms with Crippen LogP contribution >= 0.6 is 0 Å². The van der Waals surface area contributed by atoms with E-state index < -0.39 is 16.0 Å². The van der Waals surface area contributed by atoms with Gasteiger partial charge >= 0.3 is 5.97 Å². The number of aliphatic carboxylic acids is 1. The molecule has 0 bridgehead atoms. The van der Waals surface area contributed by atoms with Gasteiger partial charge in [-0.3, -0.25) is 9.52 Å². The number of sulfonamides is 1. The summed E-state index contributed by atoms with van der Waals surface area (Å²) in [6, 6.07) is 22.8. The number of hydrogen-bond donors (Lipinski definition) is 2. The van der Waals surface area contributed by atoms with Crippen LogP contribution in [0.3, 0.4) is 0 Å². The van der Waals surface area contributed by atoms with Gasteiger partial charge in [0.05, 0.1) is 23.8 Å². The van der Waals surface area contributed by atoms with Gasteiger partial charge < -0.3 is 14.6 Å². The number of rotatable bonds is 13. The third-order valence-electron chi connectivity index (χ3n) is 4.90. The summed E-state index contributed by atoms with van der Waals surface area (Å²) in [5, 5.41) is 8.87. The highest BCUT2D eigenvalue weighted by Gasteiger charge is 2.15. The summed E-state index contributed by atoms with van der Waals surface area (Å²) in [6.07, 6.45) is 0.981. The van der Waals surface area contributed by atoms with Gasteiger partial charge in [-0.05, 0) is 48.2 Å². The lowest BCUT2D eigenvalue weighted by Crippen LogP contribution is -2.15. The van der Waals surface area contributed by atoms with Crippen LogP contribution in [0.4, 0.5) is 5.69 Å². The molecule has 174 valence electrons. The molecule has 0 saturated carbocycles. The second kappa shape index (κ2) is 12.0. The summed E-state index contributed by atoms with van der Waals surface area (Å²) >= 11 is 0. The molecular formula is C25H27NO6S. The lowest BCUT2D eigenvalue weighted by atomic mass is 10.1. The quantitative estimate of drug-likeness (QED) is 0.365. The topological polar surface area (TPSA) is 102 Å². The molecule has 0 atom stereocenters. The van der Waals surface area contributed by atoms with Crippen molar-refractivity contribution in [2.75, 3.05) is 24.5 Å². The van der Waals surface area contributed by atoms with Gasteiger partial charge in [0.15, 0.2) is 0 Å². The number of carbonyl (C=O) groups is 1. The van der Waals surface area contributed by atoms with Crippen molar-refractivity contribution >= 4 is 21.7 Å². The van der Waals surface area contributed by atoms with Gasteiger partial charge in [-0.25, -0.2) is 8.42 Å². The fourth-order valence-corrected chi connectivity index (χ4v) is 4.35. The van der Waals surface area contributed by atoms with Crippen molar-refractivity contribution in [3.63, 3.8) is 0 Å². The van der Waals surface area contributed by atoms with Crippen LogP contribution in [0.1, 0.15) is 17.5 Å². The molecule has 3 aromatic carbocycles. The van der Waals surface area contributed by atoms with Crippen molar-refractivity contribution in [2.45, 2.75) is 24.2 Å². The number of carboxylic acid groups (broad SMARTS) is 1. The zero-order chi connectivity index (χ0) is 23.5. The Hall–Kier alpha value is -3.36. The third kappa shape index (κ3) is 7.62. The van der Waals surface area contributed by atoms with Crippen molar-refractivity contribution < 1.29 is 27.8 Å². The van der Waals surface area contributed by atoms with Gasteiger partial charge in [0.1, 0.15) is 12.4 Å². The van der Waals surface area contributed by atoms with Crippen LogP contribution < -0.4 is 9.46 Å². The minimum atomic E-state index is -3.67. The molecule has 0 saturated heterocycles. The zero-order valence-corrected chi connectivity index (χ0v) is 19.0. The van der Waals surface area contributed by atoms with E-state index in [4.69, 9.17) is 14.6 Å². The molecule has 0 aliphatic carbocycles. The minimum absolute atomic E-state index is 0.0459. The summed E-state index contributed by atoms with van der Waals surface area (Å²) in [7, 11) is -3.67. The first-order valence-electron chi connectivity index (χ1n) is 10.6. The predicted molar refractivity (Wildman–Crippen MR) is 126 cm³/mol. The van der Waals surface area contributed by atoms with E-state index in [1.807, 2.05) is 36.4 Å². The number of ether oxygens (including phenoxy) is 2. The molecule has 0 aliphatic rings. The second-order valence-electron chi connectivity index (χ2n) is 7.29. The molecule has 33 heavy (non-hydrogen) atoms. The lowest BCUT2D eigenvalue weighted by Gasteiger charge is -2.13. The molecule has 2 N–H and O–H groups in total. The highest BCUT2D eigenvalue weighted by atomic mass is 32.2. The van der Waals surface area contributed by atoms with Gasteiger partial charge in [-0.15, -0.1) is 0 Å². The van der Waals surface area contributed by atoms with Gasteiger partial charge in [0.25, 0.3) is 10.0 Å². The van der Waals surface area contributed by atoms with Gasteiger partial charge in [-0.2, -0.15) is 0 Å². The van der Waals surface area contributed by atoms with Crippen LogP contribution in [-0.4, -0.2) is 39.3 Å². The number of anilines is 1. The van der Waals surface area contributed by atoms with Crippen molar-refractivity contribution in [3.8, 4) is 5.75 Å². The maximum Gasteiger partial charge on any atom is 0.303 e. The number of hydrogen-bond acceptors (Lipinski definition) is 5. The summed E-state index contributed by atoms with van der Waals surface area (Å²) < 4.78 is 39.3. The summed E-state index contributed by atoms with van der Waals surface area (Å²) in [5.74, 6) is -0.192. The highest BCUT2D eigenvalue weighted by Crippen LogP contribution is 2.21. The van der Waals surface area contributed by atoms with E-state index in [2.05, 4.69) is 4.72 Å². The smallest absolute Gasteiger partial charge is 0.303 e. The Morgan fingerprint density at radius 1 is 0.788 bits per heavy atom. The number of carboxylic acids is 1. The molecule has 0 fully saturated rings. The van der Waals surface area contributed by atoms with E-state index in [0.717, 1.165) is 11.1 Å². The molecule has 7 nitrogen and oxygen atoms in total. The Labute approximate surface area is 194 Å². The van der Waals surface area contributed by atoms with Gasteiger partial charge in [0.2, 0.25) is 0 Å². The van der Waals surface area contributed by atoms with Crippen LogP contribution in [0.25, 0.3) is 0 Å². The molecule has 0 unspecified atom stereocenters. The van der Waals surface area contributed by atoms with E-state index >= 15 is 0 Å². The Morgan fingerprint density at radius 2 is 1.45 bits per heavy atom. The van der Waals surface area contributed by atoms with Crippen molar-refractivity contribution in [2.24, 2.45) is 0 Å². The van der Waals surface area contributed by atoms with E-state index in [-0.39, 0.29) is 11.3 Å². The maximum atomic E-state index is 12.6. The SMILES string of the molecule is O=C(O)CCc1ccccc1OCCOCCc1ccccc1NS(=O)(=O)c1ccccc1. The monoisotopic (exact) mass is 469 g/mol. The Morgan fingerprint density at radius 3 is 2.21 bits per heavy atom. The molecule has 0 spiro atoms. The first-order chi connectivity index (χ1) is 16.0. The molecule has 0 aliphatic heterocycles. The van der Waals surface area contributed by atoms with E-state index in [1.54, 1.807) is 42.5 Å². The van der Waals surface area contributed by atoms with Crippen LogP contribution in [0.15, 0.2) is 83.8 Å². The van der Waals surface area contributed by atoms with Crippen LogP contribution in [0.2, 0.25) is 0 Å². The summed E-state index contributed by atoms with van der Waals surface area (Å²) in [6.45, 7) is 1.08. The fraction of sp³-hybridized carbons (Fsp3) is 0.240. The molecule has 3 rings (SSSR count). The first-order valence-corrected chi connectivity index (χ1v) is 12.1. The van der Waals surface area contributed by atoms with Crippen molar-refractivity contribution in [1.29, 1.82) is 0 Å². The average molecular weight is 470 g/mol. The molecule has 0 heterocycles. The molecule has 0 amide bonds. The lowest BCUT2D eigenvalue weighted by molar-refractivity contribution is -0.136. The van der Waals surface area contributed by atoms with Crippen molar-refractivity contribution in [1.82, 2.24) is 0 Å². The number of aryl methyl sites for hydroxylation is 1. The minimum Gasteiger partial charge on any atom is -0.491 e. The number of nitrogens with one attached hydrogen (secondary N) is 1. The Kier molecular flexibility index (Phi) is 8.86. The second-order valence-corrected chi connectivity index (χ2v) is 8.97. The standard InChI is InChI=1S/C25H27NO6S/c27-25(28)15-14-21-9-5-7-13-24(21)32-19-18-31-17-16-20-8-4-6-12-23(20)26-33(29,30)22-10-2-1-3-11-22/h1-13,26H,14-19H2,(H,27,28). The molecule has 0 aromatic heterocycles. The van der Waals surface area contributed by atoms with Crippen LogP contribution in [-0.2, 0) is 32.4 Å². The van der Waals surface area contributed by atoms with Gasteiger partial charge in [-0.1, -0.05) is 54.6 Å². The van der Waals surface area contributed by atoms with Crippen molar-refractivity contribution in [3.05, 3.63) is 90.0 Å². The number of para-hydroxylation sites is 2. The third-order valence-corrected chi connectivity index (χ3v) is 6.28.